The van der Waals surface area contributed by atoms with Gasteiger partial charge in [-0.3, -0.25) is 4.98 Å². The van der Waals surface area contributed by atoms with Crippen molar-refractivity contribution in [2.75, 3.05) is 0 Å². The van der Waals surface area contributed by atoms with Gasteiger partial charge in [-0.15, -0.1) is 0 Å². The molecule has 2 aromatic heterocycles. The summed E-state index contributed by atoms with van der Waals surface area (Å²) >= 11 is 0. The average molecular weight is 239 g/mol. The van der Waals surface area contributed by atoms with E-state index in [0.29, 0.717) is 12.2 Å². The number of pyridine rings is 1. The number of aromatic nitrogens is 3. The Bertz CT molecular complexity index is 484. The van der Waals surface area contributed by atoms with Gasteiger partial charge in [0.15, 0.2) is 0 Å². The second-order valence-corrected chi connectivity index (χ2v) is 3.36. The Morgan fingerprint density at radius 1 is 1.41 bits per heavy atom. The van der Waals surface area contributed by atoms with Crippen LogP contribution >= 0.6 is 0 Å². The summed E-state index contributed by atoms with van der Waals surface area (Å²) in [6, 6.07) is 3.74. The van der Waals surface area contributed by atoms with Gasteiger partial charge in [0.2, 0.25) is 0 Å². The van der Waals surface area contributed by atoms with Crippen molar-refractivity contribution in [3.05, 3.63) is 36.5 Å². The number of carboxylic acid groups (broad SMARTS) is 1. The molecule has 0 amide bonds. The summed E-state index contributed by atoms with van der Waals surface area (Å²) in [6.45, 7) is 0. The number of nitrogens with one attached hydrogen (secondary N) is 1. The summed E-state index contributed by atoms with van der Waals surface area (Å²) in [6.07, 6.45) is 5.40. The fourth-order valence-corrected chi connectivity index (χ4v) is 1.38. The number of carbonyl (C=O) groups is 1. The zero-order valence-electron chi connectivity index (χ0n) is 9.51. The molecule has 2 aromatic rings. The Hall–Kier alpha value is -1.17. The molecule has 1 N–H and O–H groups in total. The first kappa shape index (κ1) is 13.9. The van der Waals surface area contributed by atoms with Gasteiger partial charge in [0.05, 0.1) is 11.9 Å². The number of H-pyrrole nitrogens is 1. The topological polar surface area (TPSA) is 81.7 Å². The van der Waals surface area contributed by atoms with Crippen molar-refractivity contribution < 1.29 is 39.5 Å². The van der Waals surface area contributed by atoms with Crippen LogP contribution in [0.5, 0.6) is 0 Å². The van der Waals surface area contributed by atoms with Crippen LogP contribution in [0.15, 0.2) is 30.7 Å². The zero-order valence-corrected chi connectivity index (χ0v) is 11.5. The van der Waals surface area contributed by atoms with Gasteiger partial charge in [0.25, 0.3) is 0 Å². The molecule has 0 saturated carbocycles. The van der Waals surface area contributed by atoms with Gasteiger partial charge in [-0.05, 0) is 18.6 Å². The third-order valence-corrected chi connectivity index (χ3v) is 2.17. The van der Waals surface area contributed by atoms with Crippen LogP contribution in [-0.2, 0) is 11.2 Å². The van der Waals surface area contributed by atoms with Crippen molar-refractivity contribution in [1.29, 1.82) is 0 Å². The van der Waals surface area contributed by atoms with E-state index in [4.69, 9.17) is 0 Å². The SMILES string of the molecule is O=C([O-])CCc1ncc(-c2cccnc2)[nH]1.[Na+]. The Labute approximate surface area is 121 Å². The van der Waals surface area contributed by atoms with E-state index in [2.05, 4.69) is 15.0 Å². The van der Waals surface area contributed by atoms with E-state index in [1.807, 2.05) is 12.1 Å². The number of aromatic amines is 1. The van der Waals surface area contributed by atoms with Gasteiger partial charge >= 0.3 is 29.6 Å². The number of aryl methyl sites for hydroxylation is 1. The molecule has 2 rings (SSSR count). The predicted octanol–water partition coefficient (Wildman–Crippen LogP) is -2.84. The van der Waals surface area contributed by atoms with Crippen LogP contribution in [0, 0.1) is 0 Å². The molecule has 0 aliphatic heterocycles. The maximum absolute atomic E-state index is 10.3. The Morgan fingerprint density at radius 2 is 2.24 bits per heavy atom. The van der Waals surface area contributed by atoms with Crippen molar-refractivity contribution in [1.82, 2.24) is 15.0 Å². The minimum Gasteiger partial charge on any atom is -0.550 e. The molecule has 0 aliphatic rings. The number of nitrogens with zero attached hydrogens (tertiary/aromatic N) is 2. The Morgan fingerprint density at radius 3 is 2.88 bits per heavy atom. The van der Waals surface area contributed by atoms with Crippen LogP contribution in [0.25, 0.3) is 11.3 Å². The van der Waals surface area contributed by atoms with Crippen molar-refractivity contribution >= 4 is 5.97 Å². The van der Waals surface area contributed by atoms with Gasteiger partial charge < -0.3 is 14.9 Å². The molecule has 0 atom stereocenters. The van der Waals surface area contributed by atoms with Gasteiger partial charge in [0, 0.05) is 30.3 Å². The zero-order chi connectivity index (χ0) is 11.4. The molecule has 5 nitrogen and oxygen atoms in total. The van der Waals surface area contributed by atoms with Crippen LogP contribution in [-0.4, -0.2) is 20.9 Å². The monoisotopic (exact) mass is 239 g/mol. The Balaban J connectivity index is 0.00000144. The number of imidazole rings is 1. The van der Waals surface area contributed by atoms with Crippen LogP contribution in [0.1, 0.15) is 12.2 Å². The molecule has 0 radical (unpaired) electrons. The standard InChI is InChI=1S/C11H11N3O2.Na/c15-11(16)4-3-10-13-7-9(14-10)8-2-1-5-12-6-8;/h1-2,5-7H,3-4H2,(H,13,14)(H,15,16);/q;+1/p-1. The van der Waals surface area contributed by atoms with Crippen molar-refractivity contribution in [2.45, 2.75) is 12.8 Å². The molecule has 0 aliphatic carbocycles. The summed E-state index contributed by atoms with van der Waals surface area (Å²) in [4.78, 5) is 21.4. The first-order valence-corrected chi connectivity index (χ1v) is 4.90. The molecule has 0 saturated heterocycles. The largest absolute Gasteiger partial charge is 1.00 e. The second-order valence-electron chi connectivity index (χ2n) is 3.36. The summed E-state index contributed by atoms with van der Waals surface area (Å²) in [7, 11) is 0. The van der Waals surface area contributed by atoms with E-state index in [9.17, 15) is 9.90 Å². The van der Waals surface area contributed by atoms with Crippen LogP contribution in [0.3, 0.4) is 0 Å². The van der Waals surface area contributed by atoms with Crippen molar-refractivity contribution in [3.8, 4) is 11.3 Å². The summed E-state index contributed by atoms with van der Waals surface area (Å²) in [5, 5.41) is 10.3. The minimum absolute atomic E-state index is 0. The molecule has 0 fully saturated rings. The summed E-state index contributed by atoms with van der Waals surface area (Å²) in [5.41, 5.74) is 1.76. The molecule has 17 heavy (non-hydrogen) atoms. The maximum Gasteiger partial charge on any atom is 1.00 e. The number of hydrogen-bond acceptors (Lipinski definition) is 4. The molecule has 0 unspecified atom stereocenters. The van der Waals surface area contributed by atoms with Crippen LogP contribution in [0.2, 0.25) is 0 Å². The molecule has 0 aromatic carbocycles. The van der Waals surface area contributed by atoms with Gasteiger partial charge in [0.1, 0.15) is 5.82 Å². The molecule has 2 heterocycles. The number of hydrogen-bond donors (Lipinski definition) is 1. The Kier molecular flexibility index (Phi) is 5.34. The molecule has 6 heteroatoms. The van der Waals surface area contributed by atoms with E-state index in [1.54, 1.807) is 18.6 Å². The number of carbonyl (C=O) groups excluding carboxylic acids is 1. The normalized spacial score (nSPS) is 9.65. The predicted molar refractivity (Wildman–Crippen MR) is 55.1 cm³/mol. The van der Waals surface area contributed by atoms with E-state index in [1.165, 1.54) is 0 Å². The van der Waals surface area contributed by atoms with Crippen molar-refractivity contribution in [3.63, 3.8) is 0 Å². The third-order valence-electron chi connectivity index (χ3n) is 2.17. The maximum atomic E-state index is 10.3. The number of carboxylic acids is 1. The van der Waals surface area contributed by atoms with Gasteiger partial charge in [-0.1, -0.05) is 0 Å². The van der Waals surface area contributed by atoms with Gasteiger partial charge in [-0.25, -0.2) is 4.98 Å². The molecular weight excluding hydrogens is 229 g/mol. The fourth-order valence-electron chi connectivity index (χ4n) is 1.38. The minimum atomic E-state index is -1.07. The number of rotatable bonds is 4. The van der Waals surface area contributed by atoms with Crippen molar-refractivity contribution in [2.24, 2.45) is 0 Å². The fraction of sp³-hybridized carbons (Fsp3) is 0.182. The first-order valence-electron chi connectivity index (χ1n) is 4.90. The second kappa shape index (κ2) is 6.54. The molecule has 0 bridgehead atoms. The number of aliphatic carboxylic acids is 1. The third kappa shape index (κ3) is 3.96. The average Bonchev–Trinajstić information content (AvgIpc) is 2.76. The van der Waals surface area contributed by atoms with Crippen LogP contribution in [0.4, 0.5) is 0 Å². The quantitative estimate of drug-likeness (QED) is 0.583. The van der Waals surface area contributed by atoms with Gasteiger partial charge in [-0.2, -0.15) is 0 Å². The molecular formula is C11H10N3NaO2. The summed E-state index contributed by atoms with van der Waals surface area (Å²) < 4.78 is 0. The van der Waals surface area contributed by atoms with E-state index >= 15 is 0 Å². The first-order chi connectivity index (χ1) is 7.75. The molecule has 82 valence electrons. The van der Waals surface area contributed by atoms with E-state index in [0.717, 1.165) is 11.3 Å². The van der Waals surface area contributed by atoms with E-state index in [-0.39, 0.29) is 36.0 Å². The van der Waals surface area contributed by atoms with Crippen LogP contribution < -0.4 is 34.7 Å². The summed E-state index contributed by atoms with van der Waals surface area (Å²) in [5.74, 6) is -0.428. The molecule has 0 spiro atoms. The smallest absolute Gasteiger partial charge is 0.550 e. The van der Waals surface area contributed by atoms with E-state index < -0.39 is 5.97 Å².